The van der Waals surface area contributed by atoms with Crippen LogP contribution >= 0.6 is 0 Å². The van der Waals surface area contributed by atoms with Crippen LogP contribution < -0.4 is 4.90 Å². The molecule has 1 atom stereocenters. The molecule has 1 aliphatic carbocycles. The molecule has 0 unspecified atom stereocenters. The number of aromatic nitrogens is 1. The summed E-state index contributed by atoms with van der Waals surface area (Å²) in [5, 5.41) is 0. The van der Waals surface area contributed by atoms with Crippen molar-refractivity contribution < 1.29 is 9.59 Å². The van der Waals surface area contributed by atoms with Crippen molar-refractivity contribution in [3.8, 4) is 0 Å². The number of rotatable bonds is 3. The third-order valence-electron chi connectivity index (χ3n) is 6.82. The fourth-order valence-electron chi connectivity index (χ4n) is 5.20. The minimum Gasteiger partial charge on any atom is -0.337 e. The molecular formula is C24H29N3O2. The van der Waals surface area contributed by atoms with Gasteiger partial charge in [-0.05, 0) is 43.5 Å². The van der Waals surface area contributed by atoms with Crippen molar-refractivity contribution in [1.29, 1.82) is 0 Å². The molecule has 1 aliphatic heterocycles. The van der Waals surface area contributed by atoms with E-state index in [0.29, 0.717) is 18.7 Å². The number of pyridine rings is 1. The Morgan fingerprint density at radius 3 is 2.45 bits per heavy atom. The van der Waals surface area contributed by atoms with Crippen LogP contribution in [0.3, 0.4) is 0 Å². The lowest BCUT2D eigenvalue weighted by atomic mass is 9.67. The number of hydrogen-bond donors (Lipinski definition) is 0. The first kappa shape index (κ1) is 19.6. The van der Waals surface area contributed by atoms with Gasteiger partial charge in [-0.1, -0.05) is 37.5 Å². The zero-order chi connectivity index (χ0) is 20.4. The van der Waals surface area contributed by atoms with E-state index < -0.39 is 0 Å². The first-order valence-electron chi connectivity index (χ1n) is 10.5. The second-order valence-corrected chi connectivity index (χ2v) is 8.58. The van der Waals surface area contributed by atoms with E-state index in [1.807, 2.05) is 43.1 Å². The molecule has 0 N–H and O–H groups in total. The molecule has 4 rings (SSSR count). The number of carbonyl (C=O) groups is 2. The van der Waals surface area contributed by atoms with Crippen molar-refractivity contribution >= 4 is 17.5 Å². The third kappa shape index (κ3) is 3.66. The Bertz CT molecular complexity index is 890. The average Bonchev–Trinajstić information content (AvgIpc) is 3.12. The largest absolute Gasteiger partial charge is 0.337 e. The molecule has 5 heteroatoms. The first-order valence-corrected chi connectivity index (χ1v) is 10.5. The molecule has 1 saturated carbocycles. The molecule has 152 valence electrons. The molecule has 29 heavy (non-hydrogen) atoms. The number of carbonyl (C=O) groups excluding carboxylic acids is 2. The van der Waals surface area contributed by atoms with Gasteiger partial charge in [0.25, 0.3) is 5.91 Å². The molecule has 1 aromatic heterocycles. The van der Waals surface area contributed by atoms with Gasteiger partial charge in [-0.3, -0.25) is 14.6 Å². The zero-order valence-corrected chi connectivity index (χ0v) is 17.3. The van der Waals surface area contributed by atoms with Crippen LogP contribution in [0, 0.1) is 18.3 Å². The lowest BCUT2D eigenvalue weighted by Gasteiger charge is -2.38. The maximum absolute atomic E-state index is 13.7. The molecule has 1 aromatic carbocycles. The normalized spacial score (nSPS) is 20.6. The van der Waals surface area contributed by atoms with Crippen molar-refractivity contribution in [3.05, 3.63) is 59.9 Å². The molecule has 2 fully saturated rings. The highest BCUT2D eigenvalue weighted by Gasteiger charge is 2.52. The van der Waals surface area contributed by atoms with E-state index in [-0.39, 0.29) is 23.1 Å². The van der Waals surface area contributed by atoms with Gasteiger partial charge in [0.15, 0.2) is 0 Å². The van der Waals surface area contributed by atoms with Gasteiger partial charge in [0.1, 0.15) is 0 Å². The number of likely N-dealkylation sites (tertiary alicyclic amines) is 1. The maximum Gasteiger partial charge on any atom is 0.254 e. The molecule has 5 nitrogen and oxygen atoms in total. The van der Waals surface area contributed by atoms with Crippen molar-refractivity contribution in [3.63, 3.8) is 0 Å². The number of amides is 2. The van der Waals surface area contributed by atoms with Crippen molar-refractivity contribution in [1.82, 2.24) is 9.88 Å². The van der Waals surface area contributed by atoms with Gasteiger partial charge in [-0.15, -0.1) is 0 Å². The standard InChI is InChI=1S/C24H29N3O2/c1-18-8-4-5-9-21(18)26(2)23(29)20-16-27(17-24(20)12-6-3-7-13-24)22(28)19-10-14-25-15-11-19/h4-5,8-11,14-15,20H,3,6-7,12-13,16-17H2,1-2H3/t20-/m1/s1. The van der Waals surface area contributed by atoms with Crippen LogP contribution in [0.2, 0.25) is 0 Å². The predicted octanol–water partition coefficient (Wildman–Crippen LogP) is 4.08. The van der Waals surface area contributed by atoms with Crippen LogP contribution in [0.1, 0.15) is 48.0 Å². The minimum absolute atomic E-state index is 0.00573. The summed E-state index contributed by atoms with van der Waals surface area (Å²) in [5.74, 6) is -0.0179. The van der Waals surface area contributed by atoms with Gasteiger partial charge in [0.05, 0.1) is 5.92 Å². The monoisotopic (exact) mass is 391 g/mol. The van der Waals surface area contributed by atoms with Gasteiger partial charge in [0.2, 0.25) is 5.91 Å². The molecular weight excluding hydrogens is 362 g/mol. The zero-order valence-electron chi connectivity index (χ0n) is 17.3. The van der Waals surface area contributed by atoms with Gasteiger partial charge >= 0.3 is 0 Å². The second kappa shape index (κ2) is 7.97. The smallest absolute Gasteiger partial charge is 0.254 e. The molecule has 2 aromatic rings. The summed E-state index contributed by atoms with van der Waals surface area (Å²) in [7, 11) is 1.87. The molecule has 2 amide bonds. The lowest BCUT2D eigenvalue weighted by Crippen LogP contribution is -2.43. The Morgan fingerprint density at radius 1 is 1.07 bits per heavy atom. The van der Waals surface area contributed by atoms with Crippen LogP contribution in [0.15, 0.2) is 48.8 Å². The SMILES string of the molecule is Cc1ccccc1N(C)C(=O)[C@H]1CN(C(=O)c2ccncc2)CC12CCCCC2. The Kier molecular flexibility index (Phi) is 5.39. The average molecular weight is 392 g/mol. The number of benzene rings is 1. The van der Waals surface area contributed by atoms with Crippen molar-refractivity contribution in [2.24, 2.45) is 11.3 Å². The summed E-state index contributed by atoms with van der Waals surface area (Å²) < 4.78 is 0. The van der Waals surface area contributed by atoms with E-state index in [4.69, 9.17) is 0 Å². The quantitative estimate of drug-likeness (QED) is 0.792. The number of para-hydroxylation sites is 1. The van der Waals surface area contributed by atoms with Gasteiger partial charge in [0, 0.05) is 49.2 Å². The Morgan fingerprint density at radius 2 is 1.76 bits per heavy atom. The lowest BCUT2D eigenvalue weighted by molar-refractivity contribution is -0.125. The topological polar surface area (TPSA) is 53.5 Å². The summed E-state index contributed by atoms with van der Waals surface area (Å²) in [5.41, 5.74) is 2.58. The maximum atomic E-state index is 13.7. The second-order valence-electron chi connectivity index (χ2n) is 8.58. The van der Waals surface area contributed by atoms with E-state index in [2.05, 4.69) is 4.98 Å². The highest BCUT2D eigenvalue weighted by Crippen LogP contribution is 2.48. The number of aryl methyl sites for hydroxylation is 1. The Hall–Kier alpha value is -2.69. The fourth-order valence-corrected chi connectivity index (χ4v) is 5.20. The summed E-state index contributed by atoms with van der Waals surface area (Å²) in [6.07, 6.45) is 8.82. The first-order chi connectivity index (χ1) is 14.0. The summed E-state index contributed by atoms with van der Waals surface area (Å²) in [4.78, 5) is 34.5. The summed E-state index contributed by atoms with van der Waals surface area (Å²) >= 11 is 0. The molecule has 2 heterocycles. The molecule has 1 saturated heterocycles. The van der Waals surface area contributed by atoms with Crippen LogP contribution in [-0.2, 0) is 4.79 Å². The molecule has 0 radical (unpaired) electrons. The van der Waals surface area contributed by atoms with Gasteiger partial charge < -0.3 is 9.80 Å². The van der Waals surface area contributed by atoms with Crippen molar-refractivity contribution in [2.75, 3.05) is 25.0 Å². The van der Waals surface area contributed by atoms with Crippen LogP contribution in [0.25, 0.3) is 0 Å². The fraction of sp³-hybridized carbons (Fsp3) is 0.458. The van der Waals surface area contributed by atoms with E-state index in [1.165, 1.54) is 6.42 Å². The van der Waals surface area contributed by atoms with Gasteiger partial charge in [-0.2, -0.15) is 0 Å². The van der Waals surface area contributed by atoms with Crippen LogP contribution in [0.5, 0.6) is 0 Å². The van der Waals surface area contributed by atoms with E-state index in [9.17, 15) is 9.59 Å². The summed E-state index contributed by atoms with van der Waals surface area (Å²) in [6.45, 7) is 3.20. The summed E-state index contributed by atoms with van der Waals surface area (Å²) in [6, 6.07) is 11.5. The highest BCUT2D eigenvalue weighted by molar-refractivity contribution is 5.98. The van der Waals surface area contributed by atoms with Crippen molar-refractivity contribution in [2.45, 2.75) is 39.0 Å². The van der Waals surface area contributed by atoms with Gasteiger partial charge in [-0.25, -0.2) is 0 Å². The van der Waals surface area contributed by atoms with Crippen LogP contribution in [-0.4, -0.2) is 41.8 Å². The Labute approximate surface area is 172 Å². The number of hydrogen-bond acceptors (Lipinski definition) is 3. The van der Waals surface area contributed by atoms with Crippen LogP contribution in [0.4, 0.5) is 5.69 Å². The molecule has 1 spiro atoms. The predicted molar refractivity (Wildman–Crippen MR) is 114 cm³/mol. The highest BCUT2D eigenvalue weighted by atomic mass is 16.2. The Balaban J connectivity index is 1.62. The van der Waals surface area contributed by atoms with E-state index in [1.54, 1.807) is 29.4 Å². The number of nitrogens with zero attached hydrogens (tertiary/aromatic N) is 3. The van der Waals surface area contributed by atoms with E-state index >= 15 is 0 Å². The molecule has 0 bridgehead atoms. The third-order valence-corrected chi connectivity index (χ3v) is 6.82. The molecule has 2 aliphatic rings. The minimum atomic E-state index is -0.154. The number of anilines is 1. The van der Waals surface area contributed by atoms with E-state index in [0.717, 1.165) is 36.9 Å².